The Kier molecular flexibility index (Phi) is 6.12. The Bertz CT molecular complexity index is 519. The van der Waals surface area contributed by atoms with E-state index in [-0.39, 0.29) is 12.4 Å². The number of carbonyl (C=O) groups excluding carboxylic acids is 2. The molecule has 8 heteroatoms. The number of rotatable bonds is 7. The number of nitrogens with one attached hydrogen (secondary N) is 2. The predicted octanol–water partition coefficient (Wildman–Crippen LogP) is -0.00400. The topological polar surface area (TPSA) is 122 Å². The van der Waals surface area contributed by atoms with Crippen LogP contribution in [0, 0.1) is 5.82 Å². The summed E-state index contributed by atoms with van der Waals surface area (Å²) in [6.45, 7) is 0.236. The van der Waals surface area contributed by atoms with Crippen molar-refractivity contribution in [3.63, 3.8) is 0 Å². The molecule has 0 unspecified atom stereocenters. The van der Waals surface area contributed by atoms with Gasteiger partial charge in [-0.15, -0.1) is 0 Å². The normalized spacial score (nSPS) is 11.5. The van der Waals surface area contributed by atoms with E-state index in [2.05, 4.69) is 10.6 Å². The predicted molar refractivity (Wildman–Crippen MR) is 71.9 cm³/mol. The molecule has 0 aliphatic carbocycles. The zero-order valence-corrected chi connectivity index (χ0v) is 11.1. The van der Waals surface area contributed by atoms with Gasteiger partial charge in [0.2, 0.25) is 5.91 Å². The molecule has 0 aliphatic rings. The van der Waals surface area contributed by atoms with Crippen LogP contribution in [0.2, 0.25) is 0 Å². The summed E-state index contributed by atoms with van der Waals surface area (Å²) in [6.07, 6.45) is -0.0258. The molecule has 21 heavy (non-hydrogen) atoms. The number of carboxylic acid groups (broad SMARTS) is 1. The lowest BCUT2D eigenvalue weighted by Crippen LogP contribution is -2.48. The van der Waals surface area contributed by atoms with E-state index in [4.69, 9.17) is 10.8 Å². The third-order valence-corrected chi connectivity index (χ3v) is 2.62. The third kappa shape index (κ3) is 6.37. The van der Waals surface area contributed by atoms with Crippen molar-refractivity contribution >= 4 is 17.9 Å². The van der Waals surface area contributed by atoms with Gasteiger partial charge in [0.1, 0.15) is 11.9 Å². The highest BCUT2D eigenvalue weighted by Gasteiger charge is 2.21. The van der Waals surface area contributed by atoms with Gasteiger partial charge in [0, 0.05) is 6.54 Å². The lowest BCUT2D eigenvalue weighted by molar-refractivity contribution is -0.140. The lowest BCUT2D eigenvalue weighted by Gasteiger charge is -2.13. The summed E-state index contributed by atoms with van der Waals surface area (Å²) in [4.78, 5) is 33.0. The van der Waals surface area contributed by atoms with Gasteiger partial charge in [0.15, 0.2) is 0 Å². The lowest BCUT2D eigenvalue weighted by atomic mass is 10.1. The maximum Gasteiger partial charge on any atom is 0.326 e. The standard InChI is InChI=1S/C13H16FN3O4/c14-9-3-1-8(2-4-9)5-6-16-13(21)17-10(12(19)20)7-11(15)18/h1-4,10H,5-7H2,(H2,15,18)(H,19,20)(H2,16,17,21)/t10-/m0/s1. The molecule has 0 aliphatic heterocycles. The van der Waals surface area contributed by atoms with Gasteiger partial charge >= 0.3 is 12.0 Å². The Morgan fingerprint density at radius 1 is 1.24 bits per heavy atom. The minimum atomic E-state index is -1.37. The largest absolute Gasteiger partial charge is 0.480 e. The Morgan fingerprint density at radius 3 is 2.38 bits per heavy atom. The average molecular weight is 297 g/mol. The molecule has 0 radical (unpaired) electrons. The zero-order valence-electron chi connectivity index (χ0n) is 11.1. The van der Waals surface area contributed by atoms with Crippen molar-refractivity contribution in [3.8, 4) is 0 Å². The summed E-state index contributed by atoms with van der Waals surface area (Å²) in [5.41, 5.74) is 5.71. The number of amides is 3. The zero-order chi connectivity index (χ0) is 15.8. The first-order valence-corrected chi connectivity index (χ1v) is 6.18. The van der Waals surface area contributed by atoms with Crippen LogP contribution in [0.5, 0.6) is 0 Å². The first kappa shape index (κ1) is 16.4. The molecule has 1 rings (SSSR count). The number of hydrogen-bond donors (Lipinski definition) is 4. The van der Waals surface area contributed by atoms with Crippen LogP contribution in [0.4, 0.5) is 9.18 Å². The summed E-state index contributed by atoms with van der Waals surface area (Å²) in [5, 5.41) is 13.4. The van der Waals surface area contributed by atoms with Crippen molar-refractivity contribution < 1.29 is 23.9 Å². The van der Waals surface area contributed by atoms with Gasteiger partial charge in [-0.05, 0) is 24.1 Å². The first-order chi connectivity index (χ1) is 9.88. The minimum Gasteiger partial charge on any atom is -0.480 e. The third-order valence-electron chi connectivity index (χ3n) is 2.62. The highest BCUT2D eigenvalue weighted by atomic mass is 19.1. The molecule has 1 atom stereocenters. The summed E-state index contributed by atoms with van der Waals surface area (Å²) < 4.78 is 12.7. The van der Waals surface area contributed by atoms with Gasteiger partial charge in [0.25, 0.3) is 0 Å². The van der Waals surface area contributed by atoms with Crippen molar-refractivity contribution in [2.24, 2.45) is 5.73 Å². The number of hydrogen-bond acceptors (Lipinski definition) is 3. The quantitative estimate of drug-likeness (QED) is 0.565. The molecular formula is C13H16FN3O4. The maximum atomic E-state index is 12.7. The smallest absolute Gasteiger partial charge is 0.326 e. The van der Waals surface area contributed by atoms with Gasteiger partial charge in [0.05, 0.1) is 6.42 Å². The van der Waals surface area contributed by atoms with E-state index in [0.717, 1.165) is 5.56 Å². The number of urea groups is 1. The molecule has 0 bridgehead atoms. The summed E-state index contributed by atoms with van der Waals surface area (Å²) in [5.74, 6) is -2.52. The highest BCUT2D eigenvalue weighted by molar-refractivity contribution is 5.87. The van der Waals surface area contributed by atoms with Crippen LogP contribution in [-0.4, -0.2) is 35.6 Å². The SMILES string of the molecule is NC(=O)C[C@H](NC(=O)NCCc1ccc(F)cc1)C(=O)O. The molecular weight excluding hydrogens is 281 g/mol. The maximum absolute atomic E-state index is 12.7. The van der Waals surface area contributed by atoms with Gasteiger partial charge in [-0.25, -0.2) is 14.0 Å². The van der Waals surface area contributed by atoms with E-state index in [1.807, 2.05) is 0 Å². The highest BCUT2D eigenvalue weighted by Crippen LogP contribution is 2.02. The molecule has 1 aromatic carbocycles. The van der Waals surface area contributed by atoms with Crippen LogP contribution in [0.1, 0.15) is 12.0 Å². The molecule has 0 saturated heterocycles. The van der Waals surface area contributed by atoms with Crippen LogP contribution < -0.4 is 16.4 Å². The fourth-order valence-electron chi connectivity index (χ4n) is 1.58. The first-order valence-electron chi connectivity index (χ1n) is 6.18. The van der Waals surface area contributed by atoms with E-state index < -0.39 is 30.4 Å². The van der Waals surface area contributed by atoms with E-state index in [9.17, 15) is 18.8 Å². The minimum absolute atomic E-state index is 0.236. The molecule has 0 fully saturated rings. The Morgan fingerprint density at radius 2 is 1.86 bits per heavy atom. The molecule has 0 spiro atoms. The van der Waals surface area contributed by atoms with Crippen molar-refractivity contribution in [2.45, 2.75) is 18.9 Å². The Hall–Kier alpha value is -2.64. The second-order valence-electron chi connectivity index (χ2n) is 4.34. The number of halogens is 1. The fraction of sp³-hybridized carbons (Fsp3) is 0.308. The molecule has 0 heterocycles. The monoisotopic (exact) mass is 297 g/mol. The van der Waals surface area contributed by atoms with Crippen LogP contribution in [-0.2, 0) is 16.0 Å². The molecule has 0 aromatic heterocycles. The van der Waals surface area contributed by atoms with Crippen molar-refractivity contribution in [1.82, 2.24) is 10.6 Å². The second-order valence-corrected chi connectivity index (χ2v) is 4.34. The van der Waals surface area contributed by atoms with E-state index in [1.165, 1.54) is 12.1 Å². The van der Waals surface area contributed by atoms with Crippen LogP contribution >= 0.6 is 0 Å². The Balaban J connectivity index is 2.37. The fourth-order valence-corrected chi connectivity index (χ4v) is 1.58. The summed E-state index contributed by atoms with van der Waals surface area (Å²) in [6, 6.07) is 3.70. The number of benzene rings is 1. The van der Waals surface area contributed by atoms with Gasteiger partial charge in [-0.3, -0.25) is 4.79 Å². The molecule has 114 valence electrons. The summed E-state index contributed by atoms with van der Waals surface area (Å²) in [7, 11) is 0. The summed E-state index contributed by atoms with van der Waals surface area (Å²) >= 11 is 0. The molecule has 5 N–H and O–H groups in total. The molecule has 0 saturated carbocycles. The molecule has 1 aromatic rings. The number of carbonyl (C=O) groups is 3. The average Bonchev–Trinajstić information content (AvgIpc) is 2.39. The number of aliphatic carboxylic acids is 1. The number of primary amides is 1. The van der Waals surface area contributed by atoms with E-state index >= 15 is 0 Å². The number of carboxylic acids is 1. The van der Waals surface area contributed by atoms with Gasteiger partial charge in [-0.2, -0.15) is 0 Å². The molecule has 7 nitrogen and oxygen atoms in total. The Labute approximate surface area is 120 Å². The van der Waals surface area contributed by atoms with Crippen molar-refractivity contribution in [2.75, 3.05) is 6.54 Å². The molecule has 3 amide bonds. The van der Waals surface area contributed by atoms with Crippen molar-refractivity contribution in [1.29, 1.82) is 0 Å². The van der Waals surface area contributed by atoms with E-state index in [0.29, 0.717) is 6.42 Å². The number of nitrogens with two attached hydrogens (primary N) is 1. The van der Waals surface area contributed by atoms with E-state index in [1.54, 1.807) is 12.1 Å². The van der Waals surface area contributed by atoms with Crippen LogP contribution in [0.3, 0.4) is 0 Å². The van der Waals surface area contributed by atoms with Crippen LogP contribution in [0.25, 0.3) is 0 Å². The van der Waals surface area contributed by atoms with Crippen LogP contribution in [0.15, 0.2) is 24.3 Å². The second kappa shape index (κ2) is 7.83. The van der Waals surface area contributed by atoms with Gasteiger partial charge < -0.3 is 21.5 Å². The van der Waals surface area contributed by atoms with Gasteiger partial charge in [-0.1, -0.05) is 12.1 Å². The van der Waals surface area contributed by atoms with Crippen molar-refractivity contribution in [3.05, 3.63) is 35.6 Å².